The summed E-state index contributed by atoms with van der Waals surface area (Å²) in [6, 6.07) is 8.41. The maximum absolute atomic E-state index is 12.9. The molecule has 0 spiro atoms. The van der Waals surface area contributed by atoms with E-state index in [4.69, 9.17) is 16.3 Å². The number of halogens is 4. The number of carbonyl (C=O) groups is 2. The number of amides is 2. The number of ether oxygens (including phenoxy) is 1. The van der Waals surface area contributed by atoms with Crippen LogP contribution in [0.3, 0.4) is 0 Å². The molecule has 8 nitrogen and oxygen atoms in total. The Morgan fingerprint density at radius 3 is 2.46 bits per heavy atom. The molecule has 0 bridgehead atoms. The third-order valence-electron chi connectivity index (χ3n) is 5.21. The summed E-state index contributed by atoms with van der Waals surface area (Å²) in [5, 5.41) is 13.7. The van der Waals surface area contributed by atoms with Gasteiger partial charge in [0, 0.05) is 6.54 Å². The van der Waals surface area contributed by atoms with Crippen LogP contribution >= 0.6 is 23.4 Å². The Kier molecular flexibility index (Phi) is 9.44. The van der Waals surface area contributed by atoms with Gasteiger partial charge in [-0.3, -0.25) is 9.59 Å². The largest absolute Gasteiger partial charge is 0.483 e. The number of carbonyl (C=O) groups excluding carboxylic acids is 2. The fraction of sp³-hybridized carbons (Fsp3) is 0.333. The number of para-hydroxylation sites is 1. The molecular weight excluding hydrogens is 531 g/mol. The second-order valence-corrected chi connectivity index (χ2v) is 9.31. The van der Waals surface area contributed by atoms with Gasteiger partial charge in [0.25, 0.3) is 5.91 Å². The Balaban J connectivity index is 1.54. The summed E-state index contributed by atoms with van der Waals surface area (Å²) < 4.78 is 46.2. The maximum atomic E-state index is 12.9. The highest BCUT2D eigenvalue weighted by molar-refractivity contribution is 7.99. The van der Waals surface area contributed by atoms with Crippen LogP contribution in [-0.4, -0.2) is 38.9 Å². The highest BCUT2D eigenvalue weighted by atomic mass is 35.5. The van der Waals surface area contributed by atoms with E-state index in [0.29, 0.717) is 23.3 Å². The number of thioether (sulfide) groups is 1. The monoisotopic (exact) mass is 555 g/mol. The van der Waals surface area contributed by atoms with E-state index in [1.807, 2.05) is 39.0 Å². The normalized spacial score (nSPS) is 11.3. The zero-order valence-electron chi connectivity index (χ0n) is 20.3. The minimum atomic E-state index is -4.56. The standard InChI is InChI=1S/C24H25ClF3N5O3S/c1-4-33-19(11-29-20(34)12-36-22-14(2)6-5-7-15(22)3)31-32-23(33)37-13-21(35)30-18-10-16(24(26,27)28)8-9-17(18)25/h5-10H,4,11-13H2,1-3H3,(H,29,34)(H,30,35). The number of aryl methyl sites for hydroxylation is 2. The minimum absolute atomic E-state index is 0.0114. The average Bonchev–Trinajstić information content (AvgIpc) is 3.23. The van der Waals surface area contributed by atoms with Crippen LogP contribution < -0.4 is 15.4 Å². The molecule has 3 aromatic rings. The molecule has 0 aliphatic heterocycles. The number of nitrogens with one attached hydrogen (secondary N) is 2. The van der Waals surface area contributed by atoms with Crippen molar-refractivity contribution in [3.8, 4) is 5.75 Å². The van der Waals surface area contributed by atoms with E-state index < -0.39 is 17.6 Å². The lowest BCUT2D eigenvalue weighted by molar-refractivity contribution is -0.137. The highest BCUT2D eigenvalue weighted by Gasteiger charge is 2.31. The van der Waals surface area contributed by atoms with Gasteiger partial charge >= 0.3 is 6.18 Å². The molecule has 0 unspecified atom stereocenters. The van der Waals surface area contributed by atoms with E-state index in [0.717, 1.165) is 41.1 Å². The number of aromatic nitrogens is 3. The summed E-state index contributed by atoms with van der Waals surface area (Å²) >= 11 is 6.99. The lowest BCUT2D eigenvalue weighted by Crippen LogP contribution is -2.29. The first-order valence-electron chi connectivity index (χ1n) is 11.2. The molecule has 13 heteroatoms. The first kappa shape index (κ1) is 28.3. The predicted molar refractivity (Wildman–Crippen MR) is 135 cm³/mol. The SMILES string of the molecule is CCn1c(CNC(=O)COc2c(C)cccc2C)nnc1SCC(=O)Nc1cc(C(F)(F)F)ccc1Cl. The van der Waals surface area contributed by atoms with Crippen LogP contribution in [0.1, 0.15) is 29.4 Å². The van der Waals surface area contributed by atoms with E-state index in [1.165, 1.54) is 0 Å². The molecule has 1 heterocycles. The first-order valence-corrected chi connectivity index (χ1v) is 12.5. The van der Waals surface area contributed by atoms with Crippen molar-refractivity contribution in [1.29, 1.82) is 0 Å². The van der Waals surface area contributed by atoms with E-state index >= 15 is 0 Å². The summed E-state index contributed by atoms with van der Waals surface area (Å²) in [7, 11) is 0. The number of hydrogen-bond donors (Lipinski definition) is 2. The van der Waals surface area contributed by atoms with Gasteiger partial charge in [-0.2, -0.15) is 13.2 Å². The lowest BCUT2D eigenvalue weighted by atomic mass is 10.1. The Bertz CT molecular complexity index is 1260. The Labute approximate surface area is 220 Å². The summed E-state index contributed by atoms with van der Waals surface area (Å²) in [6.45, 7) is 6.06. The van der Waals surface area contributed by atoms with Gasteiger partial charge in [0.1, 0.15) is 5.75 Å². The van der Waals surface area contributed by atoms with Crippen LogP contribution in [0, 0.1) is 13.8 Å². The molecule has 37 heavy (non-hydrogen) atoms. The van der Waals surface area contributed by atoms with Gasteiger partial charge in [-0.25, -0.2) is 0 Å². The molecule has 1 aromatic heterocycles. The molecule has 0 saturated carbocycles. The van der Waals surface area contributed by atoms with Crippen LogP contribution in [0.5, 0.6) is 5.75 Å². The molecule has 0 aliphatic carbocycles. The van der Waals surface area contributed by atoms with Crippen molar-refractivity contribution in [3.63, 3.8) is 0 Å². The summed E-state index contributed by atoms with van der Waals surface area (Å²) in [5.74, 6) is 0.112. The van der Waals surface area contributed by atoms with Gasteiger partial charge in [0.2, 0.25) is 5.91 Å². The molecule has 2 amide bonds. The van der Waals surface area contributed by atoms with Gasteiger partial charge in [-0.15, -0.1) is 10.2 Å². The van der Waals surface area contributed by atoms with Crippen LogP contribution in [0.4, 0.5) is 18.9 Å². The van der Waals surface area contributed by atoms with Gasteiger partial charge in [0.05, 0.1) is 28.6 Å². The molecular formula is C24H25ClF3N5O3S. The van der Waals surface area contributed by atoms with E-state index in [1.54, 1.807) is 4.57 Å². The number of nitrogens with zero attached hydrogens (tertiary/aromatic N) is 3. The topological polar surface area (TPSA) is 98.1 Å². The molecule has 2 aromatic carbocycles. The Hall–Kier alpha value is -3.25. The Morgan fingerprint density at radius 2 is 1.81 bits per heavy atom. The van der Waals surface area contributed by atoms with Crippen LogP contribution in [-0.2, 0) is 28.9 Å². The van der Waals surface area contributed by atoms with Crippen molar-refractivity contribution < 1.29 is 27.5 Å². The van der Waals surface area contributed by atoms with Gasteiger partial charge in [0.15, 0.2) is 17.6 Å². The van der Waals surface area contributed by atoms with Crippen molar-refractivity contribution in [3.05, 3.63) is 63.9 Å². The molecule has 0 fully saturated rings. The number of benzene rings is 2. The first-order chi connectivity index (χ1) is 17.5. The third-order valence-corrected chi connectivity index (χ3v) is 6.51. The number of alkyl halides is 3. The Morgan fingerprint density at radius 1 is 1.11 bits per heavy atom. The van der Waals surface area contributed by atoms with E-state index in [9.17, 15) is 22.8 Å². The highest BCUT2D eigenvalue weighted by Crippen LogP contribution is 2.34. The smallest absolute Gasteiger partial charge is 0.416 e. The van der Waals surface area contributed by atoms with Crippen LogP contribution in [0.15, 0.2) is 41.6 Å². The van der Waals surface area contributed by atoms with Crippen molar-refractivity contribution in [2.45, 2.75) is 45.2 Å². The second-order valence-electron chi connectivity index (χ2n) is 7.96. The molecule has 198 valence electrons. The zero-order chi connectivity index (χ0) is 27.2. The van der Waals surface area contributed by atoms with Gasteiger partial charge in [-0.1, -0.05) is 41.6 Å². The quantitative estimate of drug-likeness (QED) is 0.341. The van der Waals surface area contributed by atoms with Crippen molar-refractivity contribution in [2.75, 3.05) is 17.7 Å². The summed E-state index contributed by atoms with van der Waals surface area (Å²) in [4.78, 5) is 24.6. The second kappa shape index (κ2) is 12.3. The molecule has 0 saturated heterocycles. The van der Waals surface area contributed by atoms with Gasteiger partial charge < -0.3 is 19.9 Å². The molecule has 0 atom stereocenters. The fourth-order valence-electron chi connectivity index (χ4n) is 3.38. The third kappa shape index (κ3) is 7.62. The van der Waals surface area contributed by atoms with E-state index in [2.05, 4.69) is 20.8 Å². The number of hydrogen-bond acceptors (Lipinski definition) is 6. The molecule has 0 radical (unpaired) electrons. The van der Waals surface area contributed by atoms with Gasteiger partial charge in [-0.05, 0) is 50.1 Å². The van der Waals surface area contributed by atoms with E-state index in [-0.39, 0.29) is 35.5 Å². The van der Waals surface area contributed by atoms with Crippen molar-refractivity contribution in [1.82, 2.24) is 20.1 Å². The number of anilines is 1. The predicted octanol–water partition coefficient (Wildman–Crippen LogP) is 5.01. The zero-order valence-corrected chi connectivity index (χ0v) is 21.9. The average molecular weight is 556 g/mol. The van der Waals surface area contributed by atoms with Crippen LogP contribution in [0.25, 0.3) is 0 Å². The summed E-state index contributed by atoms with van der Waals surface area (Å²) in [5.41, 5.74) is 0.807. The molecule has 3 rings (SSSR count). The van der Waals surface area contributed by atoms with Crippen molar-refractivity contribution >= 4 is 40.9 Å². The lowest BCUT2D eigenvalue weighted by Gasteiger charge is -2.12. The van der Waals surface area contributed by atoms with Crippen molar-refractivity contribution in [2.24, 2.45) is 0 Å². The summed E-state index contributed by atoms with van der Waals surface area (Å²) in [6.07, 6.45) is -4.56. The molecule has 0 aliphatic rings. The number of rotatable bonds is 10. The maximum Gasteiger partial charge on any atom is 0.416 e. The fourth-order valence-corrected chi connectivity index (χ4v) is 4.37. The minimum Gasteiger partial charge on any atom is -0.483 e. The van der Waals surface area contributed by atoms with Crippen LogP contribution in [0.2, 0.25) is 5.02 Å². The molecule has 2 N–H and O–H groups in total.